The highest BCUT2D eigenvalue weighted by Crippen LogP contribution is 2.27. The largest absolute Gasteiger partial charge is 0.464 e. The van der Waals surface area contributed by atoms with Crippen molar-refractivity contribution in [3.05, 3.63) is 41.8 Å². The SMILES string of the molecule is COC(=O)c1cc2oc(C(=O)N3CCC(c4ncc[nH]4)CC3)cc2[nH]1. The lowest BCUT2D eigenvalue weighted by atomic mass is 9.96. The van der Waals surface area contributed by atoms with Gasteiger partial charge in [-0.1, -0.05) is 0 Å². The summed E-state index contributed by atoms with van der Waals surface area (Å²) in [6.45, 7) is 1.32. The van der Waals surface area contributed by atoms with E-state index in [0.717, 1.165) is 18.7 Å². The van der Waals surface area contributed by atoms with Gasteiger partial charge in [0.2, 0.25) is 0 Å². The molecule has 4 rings (SSSR count). The summed E-state index contributed by atoms with van der Waals surface area (Å²) in [5, 5.41) is 0. The summed E-state index contributed by atoms with van der Waals surface area (Å²) in [5.74, 6) is 0.997. The fourth-order valence-electron chi connectivity index (χ4n) is 3.26. The standard InChI is InChI=1S/C17H18N4O4/c1-24-17(23)12-9-13-11(20-12)8-14(25-13)16(22)21-6-2-10(3-7-21)15-18-4-5-19-15/h4-5,8-10,20H,2-3,6-7H2,1H3,(H,18,19). The number of rotatable bonds is 3. The minimum atomic E-state index is -0.473. The number of fused-ring (bicyclic) bond motifs is 1. The second-order valence-corrected chi connectivity index (χ2v) is 6.10. The number of esters is 1. The van der Waals surface area contributed by atoms with E-state index in [1.54, 1.807) is 23.2 Å². The van der Waals surface area contributed by atoms with Gasteiger partial charge in [-0.2, -0.15) is 0 Å². The van der Waals surface area contributed by atoms with Gasteiger partial charge in [0.05, 0.1) is 12.6 Å². The van der Waals surface area contributed by atoms with Crippen LogP contribution < -0.4 is 0 Å². The molecule has 2 N–H and O–H groups in total. The Morgan fingerprint density at radius 2 is 2.12 bits per heavy atom. The van der Waals surface area contributed by atoms with Crippen LogP contribution in [0.1, 0.15) is 45.6 Å². The number of amides is 1. The van der Waals surface area contributed by atoms with Gasteiger partial charge in [0.25, 0.3) is 5.91 Å². The second-order valence-electron chi connectivity index (χ2n) is 6.10. The van der Waals surface area contributed by atoms with Crippen LogP contribution in [-0.4, -0.2) is 51.9 Å². The second kappa shape index (κ2) is 6.12. The predicted octanol–water partition coefficient (Wildman–Crippen LogP) is 2.29. The van der Waals surface area contributed by atoms with Gasteiger partial charge in [-0.3, -0.25) is 4.79 Å². The number of nitrogens with one attached hydrogen (secondary N) is 2. The van der Waals surface area contributed by atoms with Crippen molar-refractivity contribution in [2.24, 2.45) is 0 Å². The third kappa shape index (κ3) is 2.79. The molecule has 0 aromatic carbocycles. The minimum absolute atomic E-state index is 0.137. The van der Waals surface area contributed by atoms with Crippen molar-refractivity contribution < 1.29 is 18.7 Å². The normalized spacial score (nSPS) is 15.6. The van der Waals surface area contributed by atoms with Crippen LogP contribution in [0.15, 0.2) is 28.9 Å². The number of hydrogen-bond donors (Lipinski definition) is 2. The first-order valence-corrected chi connectivity index (χ1v) is 8.15. The van der Waals surface area contributed by atoms with E-state index in [0.29, 0.717) is 35.8 Å². The van der Waals surface area contributed by atoms with Gasteiger partial charge in [-0.05, 0) is 12.8 Å². The molecule has 0 atom stereocenters. The third-order valence-electron chi connectivity index (χ3n) is 4.61. The first-order chi connectivity index (χ1) is 12.2. The van der Waals surface area contributed by atoms with E-state index in [1.807, 2.05) is 6.20 Å². The molecule has 1 saturated heterocycles. The molecule has 1 aliphatic rings. The van der Waals surface area contributed by atoms with Gasteiger partial charge in [0.15, 0.2) is 11.3 Å². The highest BCUT2D eigenvalue weighted by Gasteiger charge is 2.28. The summed E-state index contributed by atoms with van der Waals surface area (Å²) < 4.78 is 10.3. The van der Waals surface area contributed by atoms with Crippen molar-refractivity contribution in [1.29, 1.82) is 0 Å². The summed E-state index contributed by atoms with van der Waals surface area (Å²) in [6.07, 6.45) is 5.30. The number of aromatic nitrogens is 3. The molecule has 130 valence electrons. The molecule has 1 fully saturated rings. The molecule has 25 heavy (non-hydrogen) atoms. The van der Waals surface area contributed by atoms with Crippen molar-refractivity contribution in [2.45, 2.75) is 18.8 Å². The number of H-pyrrole nitrogens is 2. The quantitative estimate of drug-likeness (QED) is 0.711. The summed E-state index contributed by atoms with van der Waals surface area (Å²) in [5.41, 5.74) is 1.37. The first kappa shape index (κ1) is 15.5. The van der Waals surface area contributed by atoms with E-state index in [-0.39, 0.29) is 11.7 Å². The smallest absolute Gasteiger partial charge is 0.354 e. The Hall–Kier alpha value is -3.03. The Morgan fingerprint density at radius 3 is 2.76 bits per heavy atom. The van der Waals surface area contributed by atoms with Crippen LogP contribution >= 0.6 is 0 Å². The van der Waals surface area contributed by atoms with Gasteiger partial charge in [-0.15, -0.1) is 0 Å². The Balaban J connectivity index is 1.45. The zero-order chi connectivity index (χ0) is 17.4. The molecule has 0 unspecified atom stereocenters. The number of furan rings is 1. The van der Waals surface area contributed by atoms with Crippen molar-refractivity contribution in [3.63, 3.8) is 0 Å². The molecule has 3 aromatic heterocycles. The van der Waals surface area contributed by atoms with Crippen LogP contribution in [-0.2, 0) is 4.74 Å². The zero-order valence-corrected chi connectivity index (χ0v) is 13.7. The zero-order valence-electron chi connectivity index (χ0n) is 13.7. The molecule has 0 aliphatic carbocycles. The fraction of sp³-hybridized carbons (Fsp3) is 0.353. The number of hydrogen-bond acceptors (Lipinski definition) is 5. The molecule has 8 heteroatoms. The molecule has 0 radical (unpaired) electrons. The average molecular weight is 342 g/mol. The van der Waals surface area contributed by atoms with Crippen molar-refractivity contribution in [2.75, 3.05) is 20.2 Å². The molecule has 4 heterocycles. The van der Waals surface area contributed by atoms with Crippen molar-refractivity contribution >= 4 is 23.0 Å². The van der Waals surface area contributed by atoms with E-state index < -0.39 is 5.97 Å². The lowest BCUT2D eigenvalue weighted by Crippen LogP contribution is -2.37. The van der Waals surface area contributed by atoms with Crippen LogP contribution in [0.25, 0.3) is 11.1 Å². The Bertz CT molecular complexity index is 869. The van der Waals surface area contributed by atoms with E-state index in [1.165, 1.54) is 7.11 Å². The molecule has 1 amide bonds. The van der Waals surface area contributed by atoms with Gasteiger partial charge >= 0.3 is 5.97 Å². The van der Waals surface area contributed by atoms with Gasteiger partial charge in [0, 0.05) is 43.5 Å². The van der Waals surface area contributed by atoms with Crippen molar-refractivity contribution in [3.8, 4) is 0 Å². The fourth-order valence-corrected chi connectivity index (χ4v) is 3.26. The minimum Gasteiger partial charge on any atom is -0.464 e. The average Bonchev–Trinajstić information content (AvgIpc) is 3.36. The maximum Gasteiger partial charge on any atom is 0.354 e. The molecule has 8 nitrogen and oxygen atoms in total. The maximum absolute atomic E-state index is 12.6. The number of ether oxygens (including phenoxy) is 1. The molecule has 0 spiro atoms. The van der Waals surface area contributed by atoms with Crippen molar-refractivity contribution in [1.82, 2.24) is 19.9 Å². The summed E-state index contributed by atoms with van der Waals surface area (Å²) in [4.78, 5) is 36.3. The number of nitrogens with zero attached hydrogens (tertiary/aromatic N) is 2. The number of carbonyl (C=O) groups excluding carboxylic acids is 2. The topological polar surface area (TPSA) is 104 Å². The number of methoxy groups -OCH3 is 1. The highest BCUT2D eigenvalue weighted by atomic mass is 16.5. The maximum atomic E-state index is 12.6. The summed E-state index contributed by atoms with van der Waals surface area (Å²) in [7, 11) is 1.31. The lowest BCUT2D eigenvalue weighted by molar-refractivity contribution is 0.0594. The number of likely N-dealkylation sites (tertiary alicyclic amines) is 1. The van der Waals surface area contributed by atoms with E-state index >= 15 is 0 Å². The summed E-state index contributed by atoms with van der Waals surface area (Å²) >= 11 is 0. The van der Waals surface area contributed by atoms with Gasteiger partial charge in [-0.25, -0.2) is 9.78 Å². The molecule has 1 aliphatic heterocycles. The van der Waals surface area contributed by atoms with Crippen LogP contribution in [0, 0.1) is 0 Å². The molecule has 0 bridgehead atoms. The molecule has 0 saturated carbocycles. The monoisotopic (exact) mass is 342 g/mol. The highest BCUT2D eigenvalue weighted by molar-refractivity contribution is 5.98. The molecule has 3 aromatic rings. The van der Waals surface area contributed by atoms with Crippen LogP contribution in [0.4, 0.5) is 0 Å². The molecular weight excluding hydrogens is 324 g/mol. The predicted molar refractivity (Wildman–Crippen MR) is 88.4 cm³/mol. The Labute approximate surface area is 143 Å². The van der Waals surface area contributed by atoms with E-state index in [4.69, 9.17) is 4.42 Å². The Morgan fingerprint density at radius 1 is 1.32 bits per heavy atom. The van der Waals surface area contributed by atoms with Gasteiger partial charge < -0.3 is 24.0 Å². The molecular formula is C17H18N4O4. The first-order valence-electron chi connectivity index (χ1n) is 8.15. The number of carbonyl (C=O) groups is 2. The number of imidazole rings is 1. The van der Waals surface area contributed by atoms with E-state index in [9.17, 15) is 9.59 Å². The number of aromatic amines is 2. The lowest BCUT2D eigenvalue weighted by Gasteiger charge is -2.30. The van der Waals surface area contributed by atoms with E-state index in [2.05, 4.69) is 19.7 Å². The third-order valence-corrected chi connectivity index (χ3v) is 4.61. The van der Waals surface area contributed by atoms with Crippen LogP contribution in [0.2, 0.25) is 0 Å². The van der Waals surface area contributed by atoms with Crippen LogP contribution in [0.3, 0.4) is 0 Å². The number of piperidine rings is 1. The Kier molecular flexibility index (Phi) is 3.79. The van der Waals surface area contributed by atoms with Gasteiger partial charge in [0.1, 0.15) is 11.5 Å². The summed E-state index contributed by atoms with van der Waals surface area (Å²) in [6, 6.07) is 3.17. The van der Waals surface area contributed by atoms with Crippen LogP contribution in [0.5, 0.6) is 0 Å².